The van der Waals surface area contributed by atoms with Crippen molar-refractivity contribution in [3.8, 4) is 0 Å². The Morgan fingerprint density at radius 2 is 1.52 bits per heavy atom. The molecule has 31 heavy (non-hydrogen) atoms. The molecule has 0 atom stereocenters. The van der Waals surface area contributed by atoms with Crippen LogP contribution in [0.2, 0.25) is 0 Å². The third kappa shape index (κ3) is 4.85. The largest absolute Gasteiger partial charge is 0.323 e. The Kier molecular flexibility index (Phi) is 5.85. The molecule has 5 heteroatoms. The number of amides is 2. The molecule has 1 N–H and O–H groups in total. The van der Waals surface area contributed by atoms with Crippen LogP contribution in [-0.4, -0.2) is 17.5 Å². The van der Waals surface area contributed by atoms with Gasteiger partial charge in [-0.05, 0) is 54.5 Å². The highest BCUT2D eigenvalue weighted by Gasteiger charge is 2.28. The minimum Gasteiger partial charge on any atom is -0.323 e. The summed E-state index contributed by atoms with van der Waals surface area (Å²) in [5, 5.41) is 8.63. The molecule has 0 bridgehead atoms. The van der Waals surface area contributed by atoms with Crippen molar-refractivity contribution in [1.29, 1.82) is 0 Å². The summed E-state index contributed by atoms with van der Waals surface area (Å²) < 4.78 is 0. The fourth-order valence-electron chi connectivity index (χ4n) is 3.18. The summed E-state index contributed by atoms with van der Waals surface area (Å²) in [6.07, 6.45) is 5.08. The van der Waals surface area contributed by atoms with Gasteiger partial charge in [0.25, 0.3) is 5.91 Å². The number of nitrogens with zero attached hydrogens (tertiary/aromatic N) is 2. The summed E-state index contributed by atoms with van der Waals surface area (Å²) in [4.78, 5) is 24.9. The molecular weight excluding hydrogens is 386 g/mol. The predicted molar refractivity (Wildman–Crippen MR) is 126 cm³/mol. The smallest absolute Gasteiger partial charge is 0.280 e. The van der Waals surface area contributed by atoms with Gasteiger partial charge in [-0.3, -0.25) is 9.59 Å². The van der Waals surface area contributed by atoms with Crippen LogP contribution in [0.1, 0.15) is 18.1 Å². The van der Waals surface area contributed by atoms with E-state index in [1.807, 2.05) is 97.9 Å². The standard InChI is InChI=1S/C26H21N3O2/c1-19-24(26(31)29(28-19)23-10-6-3-7-11-23)18-21-12-15-22(16-13-21)27-25(30)17-14-20-8-4-2-5-9-20/h2-18H,1H3,(H,27,30). The molecule has 2 amide bonds. The van der Waals surface area contributed by atoms with Crippen LogP contribution in [0.4, 0.5) is 11.4 Å². The van der Waals surface area contributed by atoms with Crippen LogP contribution in [0.5, 0.6) is 0 Å². The van der Waals surface area contributed by atoms with E-state index in [9.17, 15) is 9.59 Å². The summed E-state index contributed by atoms with van der Waals surface area (Å²) in [6, 6.07) is 26.3. The first-order chi connectivity index (χ1) is 15.1. The Morgan fingerprint density at radius 1 is 0.871 bits per heavy atom. The summed E-state index contributed by atoms with van der Waals surface area (Å²) in [6.45, 7) is 1.82. The Balaban J connectivity index is 1.43. The first kappa shape index (κ1) is 20.0. The summed E-state index contributed by atoms with van der Waals surface area (Å²) in [5.74, 6) is -0.366. The summed E-state index contributed by atoms with van der Waals surface area (Å²) in [5.41, 5.74) is 4.44. The maximum atomic E-state index is 12.8. The minimum atomic E-state index is -0.206. The number of hydrogen-bond acceptors (Lipinski definition) is 3. The van der Waals surface area contributed by atoms with Crippen molar-refractivity contribution >= 4 is 41.1 Å². The number of hydrazone groups is 1. The van der Waals surface area contributed by atoms with Gasteiger partial charge >= 0.3 is 0 Å². The lowest BCUT2D eigenvalue weighted by molar-refractivity contribution is -0.114. The molecular formula is C26H21N3O2. The van der Waals surface area contributed by atoms with Crippen LogP contribution in [-0.2, 0) is 9.59 Å². The van der Waals surface area contributed by atoms with Crippen LogP contribution in [0.25, 0.3) is 12.2 Å². The second-order valence-corrected chi connectivity index (χ2v) is 7.05. The van der Waals surface area contributed by atoms with E-state index in [0.717, 1.165) is 16.8 Å². The van der Waals surface area contributed by atoms with Gasteiger partial charge in [0.2, 0.25) is 5.91 Å². The van der Waals surface area contributed by atoms with E-state index in [4.69, 9.17) is 0 Å². The van der Waals surface area contributed by atoms with Gasteiger partial charge in [0, 0.05) is 11.8 Å². The molecule has 0 saturated heterocycles. The first-order valence-electron chi connectivity index (χ1n) is 9.91. The molecule has 1 heterocycles. The Morgan fingerprint density at radius 3 is 2.19 bits per heavy atom. The predicted octanol–water partition coefficient (Wildman–Crippen LogP) is 5.14. The fourth-order valence-corrected chi connectivity index (χ4v) is 3.18. The average molecular weight is 407 g/mol. The highest BCUT2D eigenvalue weighted by atomic mass is 16.2. The topological polar surface area (TPSA) is 61.8 Å². The molecule has 0 spiro atoms. The van der Waals surface area contributed by atoms with Gasteiger partial charge in [0.1, 0.15) is 0 Å². The molecule has 3 aromatic rings. The monoisotopic (exact) mass is 407 g/mol. The molecule has 0 radical (unpaired) electrons. The number of rotatable bonds is 5. The van der Waals surface area contributed by atoms with E-state index in [1.54, 1.807) is 6.08 Å². The second kappa shape index (κ2) is 9.05. The molecule has 5 nitrogen and oxygen atoms in total. The zero-order valence-corrected chi connectivity index (χ0v) is 17.0. The van der Waals surface area contributed by atoms with Crippen molar-refractivity contribution in [2.24, 2.45) is 5.10 Å². The van der Waals surface area contributed by atoms with E-state index >= 15 is 0 Å². The lowest BCUT2D eigenvalue weighted by atomic mass is 10.1. The van der Waals surface area contributed by atoms with Crippen LogP contribution < -0.4 is 10.3 Å². The maximum Gasteiger partial charge on any atom is 0.280 e. The molecule has 0 aliphatic carbocycles. The molecule has 0 aromatic heterocycles. The number of carbonyl (C=O) groups excluding carboxylic acids is 2. The van der Waals surface area contributed by atoms with E-state index < -0.39 is 0 Å². The van der Waals surface area contributed by atoms with Crippen LogP contribution in [0.3, 0.4) is 0 Å². The number of carbonyl (C=O) groups is 2. The zero-order valence-electron chi connectivity index (χ0n) is 17.0. The molecule has 0 saturated carbocycles. The Hall–Kier alpha value is -4.25. The van der Waals surface area contributed by atoms with Crippen molar-refractivity contribution in [2.75, 3.05) is 10.3 Å². The number of hydrogen-bond donors (Lipinski definition) is 1. The molecule has 0 unspecified atom stereocenters. The Labute approximate surface area is 181 Å². The Bertz CT molecular complexity index is 1180. The molecule has 152 valence electrons. The van der Waals surface area contributed by atoms with Crippen molar-refractivity contribution in [3.05, 3.63) is 108 Å². The number of nitrogens with one attached hydrogen (secondary N) is 1. The third-order valence-electron chi connectivity index (χ3n) is 4.78. The normalized spacial score (nSPS) is 14.9. The number of anilines is 2. The van der Waals surface area contributed by atoms with Crippen molar-refractivity contribution in [2.45, 2.75) is 6.92 Å². The average Bonchev–Trinajstić information content (AvgIpc) is 3.08. The van der Waals surface area contributed by atoms with Gasteiger partial charge < -0.3 is 5.32 Å². The first-order valence-corrected chi connectivity index (χ1v) is 9.91. The highest BCUT2D eigenvalue weighted by Crippen LogP contribution is 2.25. The van der Waals surface area contributed by atoms with Gasteiger partial charge in [-0.15, -0.1) is 0 Å². The lowest BCUT2D eigenvalue weighted by Crippen LogP contribution is -2.21. The molecule has 1 aliphatic rings. The van der Waals surface area contributed by atoms with E-state index in [2.05, 4.69) is 10.4 Å². The van der Waals surface area contributed by atoms with Gasteiger partial charge in [0.05, 0.1) is 17.0 Å². The van der Waals surface area contributed by atoms with Crippen molar-refractivity contribution in [3.63, 3.8) is 0 Å². The molecule has 4 rings (SSSR count). The van der Waals surface area contributed by atoms with Gasteiger partial charge in [-0.2, -0.15) is 10.1 Å². The zero-order chi connectivity index (χ0) is 21.6. The van der Waals surface area contributed by atoms with Crippen LogP contribution in [0.15, 0.2) is 102 Å². The van der Waals surface area contributed by atoms with Gasteiger partial charge in [0.15, 0.2) is 0 Å². The van der Waals surface area contributed by atoms with Crippen LogP contribution >= 0.6 is 0 Å². The van der Waals surface area contributed by atoms with Gasteiger partial charge in [-0.1, -0.05) is 60.7 Å². The van der Waals surface area contributed by atoms with Crippen molar-refractivity contribution < 1.29 is 9.59 Å². The highest BCUT2D eigenvalue weighted by molar-refractivity contribution is 6.32. The quantitative estimate of drug-likeness (QED) is 0.595. The number of benzene rings is 3. The lowest BCUT2D eigenvalue weighted by Gasteiger charge is -2.11. The summed E-state index contributed by atoms with van der Waals surface area (Å²) >= 11 is 0. The van der Waals surface area contributed by atoms with Crippen molar-refractivity contribution in [1.82, 2.24) is 0 Å². The molecule has 3 aromatic carbocycles. The SMILES string of the molecule is CC1=NN(c2ccccc2)C(=O)C1=Cc1ccc(NC(=O)C=Cc2ccccc2)cc1. The van der Waals surface area contributed by atoms with E-state index in [0.29, 0.717) is 17.0 Å². The minimum absolute atomic E-state index is 0.160. The fraction of sp³-hybridized carbons (Fsp3) is 0.0385. The maximum absolute atomic E-state index is 12.8. The van der Waals surface area contributed by atoms with Gasteiger partial charge in [-0.25, -0.2) is 0 Å². The van der Waals surface area contributed by atoms with Crippen LogP contribution in [0, 0.1) is 0 Å². The summed E-state index contributed by atoms with van der Waals surface area (Å²) in [7, 11) is 0. The number of para-hydroxylation sites is 1. The van der Waals surface area contributed by atoms with E-state index in [1.165, 1.54) is 11.1 Å². The molecule has 1 aliphatic heterocycles. The molecule has 0 fully saturated rings. The second-order valence-electron chi connectivity index (χ2n) is 7.05. The van der Waals surface area contributed by atoms with E-state index in [-0.39, 0.29) is 11.8 Å². The third-order valence-corrected chi connectivity index (χ3v) is 4.78.